The van der Waals surface area contributed by atoms with Crippen molar-refractivity contribution in [3.05, 3.63) is 18.3 Å². The van der Waals surface area contributed by atoms with E-state index in [-0.39, 0.29) is 6.10 Å². The zero-order chi connectivity index (χ0) is 12.3. The lowest BCUT2D eigenvalue weighted by atomic mass is 10.2. The number of anilines is 1. The number of aromatic nitrogens is 1. The van der Waals surface area contributed by atoms with Gasteiger partial charge in [0.25, 0.3) is 0 Å². The monoisotopic (exact) mass is 298 g/mol. The van der Waals surface area contributed by atoms with Crippen molar-refractivity contribution in [3.63, 3.8) is 0 Å². The molecule has 1 aromatic rings. The Morgan fingerprint density at radius 2 is 2.41 bits per heavy atom. The Morgan fingerprint density at radius 1 is 1.59 bits per heavy atom. The quantitative estimate of drug-likeness (QED) is 0.799. The van der Waals surface area contributed by atoms with Gasteiger partial charge in [-0.05, 0) is 38.3 Å². The molecule has 1 atom stereocenters. The van der Waals surface area contributed by atoms with Gasteiger partial charge in [-0.25, -0.2) is 4.98 Å². The van der Waals surface area contributed by atoms with Crippen molar-refractivity contribution in [2.45, 2.75) is 26.4 Å². The van der Waals surface area contributed by atoms with Gasteiger partial charge in [0.15, 0.2) is 11.6 Å². The van der Waals surface area contributed by atoms with Gasteiger partial charge >= 0.3 is 0 Å². The van der Waals surface area contributed by atoms with Gasteiger partial charge in [0.2, 0.25) is 0 Å². The van der Waals surface area contributed by atoms with Gasteiger partial charge in [-0.3, -0.25) is 0 Å². The molecule has 94 valence electrons. The summed E-state index contributed by atoms with van der Waals surface area (Å²) in [5.74, 6) is 2.62. The third kappa shape index (κ3) is 3.12. The number of nitrogens with zero attached hydrogens (tertiary/aromatic N) is 2. The van der Waals surface area contributed by atoms with Crippen LogP contribution in [0.25, 0.3) is 0 Å². The second-order valence-electron chi connectivity index (χ2n) is 4.75. The molecule has 1 aliphatic rings. The molecular weight excluding hydrogens is 280 g/mol. The van der Waals surface area contributed by atoms with Gasteiger partial charge in [0.1, 0.15) is 0 Å². The molecule has 0 aromatic carbocycles. The lowest BCUT2D eigenvalue weighted by molar-refractivity contribution is 0.242. The highest BCUT2D eigenvalue weighted by Gasteiger charge is 2.24. The highest BCUT2D eigenvalue weighted by Crippen LogP contribution is 2.31. The van der Waals surface area contributed by atoms with Crippen molar-refractivity contribution in [3.8, 4) is 5.75 Å². The molecule has 0 spiro atoms. The van der Waals surface area contributed by atoms with E-state index in [0.717, 1.165) is 35.9 Å². The van der Waals surface area contributed by atoms with Crippen LogP contribution in [0, 0.1) is 5.92 Å². The molecule has 4 heteroatoms. The van der Waals surface area contributed by atoms with E-state index in [9.17, 15) is 0 Å². The van der Waals surface area contributed by atoms with Gasteiger partial charge in [-0.2, -0.15) is 0 Å². The molecule has 0 saturated carbocycles. The normalized spacial score (nSPS) is 20.0. The predicted molar refractivity (Wildman–Crippen MR) is 74.1 cm³/mol. The van der Waals surface area contributed by atoms with Crippen LogP contribution in [-0.2, 0) is 0 Å². The molecule has 2 rings (SSSR count). The first-order chi connectivity index (χ1) is 8.20. The van der Waals surface area contributed by atoms with Crippen LogP contribution in [0.2, 0.25) is 0 Å². The molecule has 17 heavy (non-hydrogen) atoms. The molecule has 0 N–H and O–H groups in total. The van der Waals surface area contributed by atoms with Crippen molar-refractivity contribution in [1.29, 1.82) is 0 Å². The highest BCUT2D eigenvalue weighted by molar-refractivity contribution is 9.09. The number of ether oxygens (including phenoxy) is 1. The van der Waals surface area contributed by atoms with Crippen LogP contribution in [0.15, 0.2) is 18.3 Å². The number of halogens is 1. The van der Waals surface area contributed by atoms with Crippen LogP contribution < -0.4 is 9.64 Å². The fourth-order valence-electron chi connectivity index (χ4n) is 2.12. The summed E-state index contributed by atoms with van der Waals surface area (Å²) < 4.78 is 5.81. The third-order valence-electron chi connectivity index (χ3n) is 2.92. The van der Waals surface area contributed by atoms with Gasteiger partial charge < -0.3 is 9.64 Å². The molecular formula is C13H19BrN2O. The minimum absolute atomic E-state index is 0.188. The highest BCUT2D eigenvalue weighted by atomic mass is 79.9. The molecule has 0 amide bonds. The summed E-state index contributed by atoms with van der Waals surface area (Å²) in [6.07, 6.45) is 3.25. The van der Waals surface area contributed by atoms with E-state index < -0.39 is 0 Å². The van der Waals surface area contributed by atoms with Crippen molar-refractivity contribution >= 4 is 21.7 Å². The fraction of sp³-hybridized carbons (Fsp3) is 0.615. The first kappa shape index (κ1) is 12.7. The van der Waals surface area contributed by atoms with E-state index in [1.165, 1.54) is 6.42 Å². The molecule has 3 nitrogen and oxygen atoms in total. The van der Waals surface area contributed by atoms with E-state index >= 15 is 0 Å². The van der Waals surface area contributed by atoms with E-state index in [4.69, 9.17) is 4.74 Å². The van der Waals surface area contributed by atoms with E-state index in [0.29, 0.717) is 0 Å². The average Bonchev–Trinajstić information content (AvgIpc) is 2.77. The Kier molecular flexibility index (Phi) is 4.26. The summed E-state index contributed by atoms with van der Waals surface area (Å²) in [7, 11) is 0. The van der Waals surface area contributed by atoms with Crippen molar-refractivity contribution in [2.24, 2.45) is 5.92 Å². The van der Waals surface area contributed by atoms with E-state index in [1.807, 2.05) is 32.2 Å². The Balaban J connectivity index is 2.14. The Bertz CT molecular complexity index is 370. The van der Waals surface area contributed by atoms with E-state index in [2.05, 4.69) is 25.8 Å². The molecule has 0 radical (unpaired) electrons. The van der Waals surface area contributed by atoms with Crippen LogP contribution in [0.5, 0.6) is 5.75 Å². The van der Waals surface area contributed by atoms with Crippen LogP contribution in [0.4, 0.5) is 5.82 Å². The minimum atomic E-state index is 0.188. The summed E-state index contributed by atoms with van der Waals surface area (Å²) >= 11 is 3.56. The van der Waals surface area contributed by atoms with Crippen LogP contribution in [-0.4, -0.2) is 29.5 Å². The largest absolute Gasteiger partial charge is 0.487 e. The lowest BCUT2D eigenvalue weighted by Crippen LogP contribution is -2.22. The molecule has 0 aliphatic carbocycles. The van der Waals surface area contributed by atoms with Gasteiger partial charge in [-0.1, -0.05) is 15.9 Å². The SMILES string of the molecule is CC(C)Oc1cccnc1N1CCC(CBr)C1. The summed E-state index contributed by atoms with van der Waals surface area (Å²) in [5.41, 5.74) is 0. The maximum absolute atomic E-state index is 5.81. The predicted octanol–water partition coefficient (Wildman–Crippen LogP) is 3.09. The Morgan fingerprint density at radius 3 is 3.06 bits per heavy atom. The van der Waals surface area contributed by atoms with Gasteiger partial charge in [0.05, 0.1) is 6.10 Å². The van der Waals surface area contributed by atoms with Crippen LogP contribution >= 0.6 is 15.9 Å². The summed E-state index contributed by atoms with van der Waals surface area (Å²) in [5, 5.41) is 1.07. The first-order valence-electron chi connectivity index (χ1n) is 6.13. The fourth-order valence-corrected chi connectivity index (χ4v) is 2.65. The minimum Gasteiger partial charge on any atom is -0.487 e. The Hall–Kier alpha value is -0.770. The van der Waals surface area contributed by atoms with Crippen molar-refractivity contribution in [2.75, 3.05) is 23.3 Å². The second-order valence-corrected chi connectivity index (χ2v) is 5.39. The standard InChI is InChI=1S/C13H19BrN2O/c1-10(2)17-12-4-3-6-15-13(12)16-7-5-11(8-14)9-16/h3-4,6,10-11H,5,7-9H2,1-2H3. The maximum atomic E-state index is 5.81. The number of alkyl halides is 1. The first-order valence-corrected chi connectivity index (χ1v) is 7.25. The van der Waals surface area contributed by atoms with Crippen molar-refractivity contribution in [1.82, 2.24) is 4.98 Å². The molecule has 2 heterocycles. The van der Waals surface area contributed by atoms with Gasteiger partial charge in [-0.15, -0.1) is 0 Å². The number of hydrogen-bond acceptors (Lipinski definition) is 3. The molecule has 1 fully saturated rings. The van der Waals surface area contributed by atoms with Crippen LogP contribution in [0.3, 0.4) is 0 Å². The van der Waals surface area contributed by atoms with Crippen LogP contribution in [0.1, 0.15) is 20.3 Å². The molecule has 1 aromatic heterocycles. The summed E-state index contributed by atoms with van der Waals surface area (Å²) in [6.45, 7) is 6.22. The number of rotatable bonds is 4. The zero-order valence-corrected chi connectivity index (χ0v) is 12.0. The maximum Gasteiger partial charge on any atom is 0.171 e. The number of hydrogen-bond donors (Lipinski definition) is 0. The lowest BCUT2D eigenvalue weighted by Gasteiger charge is -2.21. The third-order valence-corrected chi connectivity index (χ3v) is 3.83. The average molecular weight is 299 g/mol. The topological polar surface area (TPSA) is 25.4 Å². The molecule has 1 unspecified atom stereocenters. The smallest absolute Gasteiger partial charge is 0.171 e. The van der Waals surface area contributed by atoms with Gasteiger partial charge in [0, 0.05) is 24.6 Å². The molecule has 1 saturated heterocycles. The number of pyridine rings is 1. The summed E-state index contributed by atoms with van der Waals surface area (Å²) in [6, 6.07) is 3.93. The second kappa shape index (κ2) is 5.71. The summed E-state index contributed by atoms with van der Waals surface area (Å²) in [4.78, 5) is 6.79. The van der Waals surface area contributed by atoms with Crippen molar-refractivity contribution < 1.29 is 4.74 Å². The van der Waals surface area contributed by atoms with E-state index in [1.54, 1.807) is 0 Å². The molecule has 0 bridgehead atoms. The molecule has 1 aliphatic heterocycles. The Labute approximate surface area is 111 Å². The zero-order valence-electron chi connectivity index (χ0n) is 10.4.